The number of aliphatic hydroxyl groups excluding tert-OH is 1. The Labute approximate surface area is 93.2 Å². The third kappa shape index (κ3) is 2.43. The van der Waals surface area contributed by atoms with Crippen LogP contribution in [0.3, 0.4) is 0 Å². The summed E-state index contributed by atoms with van der Waals surface area (Å²) in [6, 6.07) is 3.09. The van der Waals surface area contributed by atoms with E-state index in [1.54, 1.807) is 6.07 Å². The number of carboxylic acid groups (broad SMARTS) is 1. The van der Waals surface area contributed by atoms with E-state index in [4.69, 9.17) is 19.7 Å². The largest absolute Gasteiger partial charge is 0.497 e. The number of methoxy groups -OCH3 is 2. The molecule has 1 rings (SSSR count). The first-order valence-corrected chi connectivity index (χ1v) is 4.73. The first-order chi connectivity index (χ1) is 7.63. The Bertz CT molecular complexity index is 386. The number of aliphatic hydroxyl groups is 1. The van der Waals surface area contributed by atoms with Crippen LogP contribution in [0.4, 0.5) is 0 Å². The maximum atomic E-state index is 11.1. The molecule has 0 amide bonds. The number of carboxylic acids is 1. The van der Waals surface area contributed by atoms with Crippen LogP contribution in [0.5, 0.6) is 11.5 Å². The molecule has 16 heavy (non-hydrogen) atoms. The molecule has 0 spiro atoms. The van der Waals surface area contributed by atoms with Crippen molar-refractivity contribution in [3.8, 4) is 11.5 Å². The molecule has 5 nitrogen and oxygen atoms in total. The van der Waals surface area contributed by atoms with Gasteiger partial charge < -0.3 is 19.7 Å². The van der Waals surface area contributed by atoms with E-state index in [1.165, 1.54) is 20.3 Å². The highest BCUT2D eigenvalue weighted by Crippen LogP contribution is 2.29. The molecule has 88 valence electrons. The third-order valence-electron chi connectivity index (χ3n) is 2.21. The van der Waals surface area contributed by atoms with Gasteiger partial charge in [0.25, 0.3) is 0 Å². The second-order valence-electron chi connectivity index (χ2n) is 3.14. The van der Waals surface area contributed by atoms with Crippen molar-refractivity contribution in [3.63, 3.8) is 0 Å². The molecule has 0 bridgehead atoms. The molecule has 2 N–H and O–H groups in total. The number of carbonyl (C=O) groups is 1. The van der Waals surface area contributed by atoms with E-state index < -0.39 is 5.97 Å². The summed E-state index contributed by atoms with van der Waals surface area (Å²) in [5, 5.41) is 17.9. The third-order valence-corrected chi connectivity index (χ3v) is 2.21. The Morgan fingerprint density at radius 2 is 2.00 bits per heavy atom. The van der Waals surface area contributed by atoms with Gasteiger partial charge in [-0.25, -0.2) is 4.79 Å². The zero-order valence-corrected chi connectivity index (χ0v) is 9.19. The smallest absolute Gasteiger partial charge is 0.339 e. The topological polar surface area (TPSA) is 76.0 Å². The maximum Gasteiger partial charge on any atom is 0.339 e. The lowest BCUT2D eigenvalue weighted by Crippen LogP contribution is -2.07. The lowest BCUT2D eigenvalue weighted by Gasteiger charge is -2.12. The molecule has 0 aromatic heterocycles. The Kier molecular flexibility index (Phi) is 4.13. The van der Waals surface area contributed by atoms with Gasteiger partial charge >= 0.3 is 5.97 Å². The highest BCUT2D eigenvalue weighted by Gasteiger charge is 2.17. The van der Waals surface area contributed by atoms with Crippen molar-refractivity contribution in [2.24, 2.45) is 0 Å². The van der Waals surface area contributed by atoms with Crippen LogP contribution in [0.2, 0.25) is 0 Å². The number of ether oxygens (including phenoxy) is 2. The Hall–Kier alpha value is -1.75. The molecule has 0 atom stereocenters. The van der Waals surface area contributed by atoms with Gasteiger partial charge in [-0.1, -0.05) is 0 Å². The molecule has 0 aliphatic heterocycles. The van der Waals surface area contributed by atoms with E-state index in [1.807, 2.05) is 0 Å². The van der Waals surface area contributed by atoms with E-state index in [0.717, 1.165) is 0 Å². The Balaban J connectivity index is 3.34. The summed E-state index contributed by atoms with van der Waals surface area (Å²) in [5.74, 6) is -0.344. The normalized spacial score (nSPS) is 9.94. The lowest BCUT2D eigenvalue weighted by atomic mass is 10.0. The Morgan fingerprint density at radius 3 is 2.44 bits per heavy atom. The average Bonchev–Trinajstić information content (AvgIpc) is 2.27. The van der Waals surface area contributed by atoms with E-state index in [-0.39, 0.29) is 24.3 Å². The molecule has 1 aromatic rings. The zero-order valence-electron chi connectivity index (χ0n) is 9.19. The van der Waals surface area contributed by atoms with Gasteiger partial charge in [-0.15, -0.1) is 0 Å². The monoisotopic (exact) mass is 226 g/mol. The predicted molar refractivity (Wildman–Crippen MR) is 57.3 cm³/mol. The van der Waals surface area contributed by atoms with Crippen molar-refractivity contribution in [3.05, 3.63) is 23.3 Å². The minimum absolute atomic E-state index is 0.0670. The van der Waals surface area contributed by atoms with Gasteiger partial charge in [0, 0.05) is 12.7 Å². The fourth-order valence-electron chi connectivity index (χ4n) is 1.48. The molecule has 1 aromatic carbocycles. The van der Waals surface area contributed by atoms with Crippen molar-refractivity contribution in [1.29, 1.82) is 0 Å². The molecule has 0 aliphatic carbocycles. The van der Waals surface area contributed by atoms with Crippen molar-refractivity contribution < 1.29 is 24.5 Å². The van der Waals surface area contributed by atoms with Gasteiger partial charge in [0.2, 0.25) is 0 Å². The predicted octanol–water partition coefficient (Wildman–Crippen LogP) is 0.937. The van der Waals surface area contributed by atoms with Crippen LogP contribution in [0, 0.1) is 0 Å². The van der Waals surface area contributed by atoms with E-state index in [2.05, 4.69) is 0 Å². The molecule has 0 fully saturated rings. The van der Waals surface area contributed by atoms with Gasteiger partial charge in [-0.3, -0.25) is 0 Å². The summed E-state index contributed by atoms with van der Waals surface area (Å²) in [6.07, 6.45) is 0.245. The quantitative estimate of drug-likeness (QED) is 0.781. The van der Waals surface area contributed by atoms with Gasteiger partial charge in [0.15, 0.2) is 0 Å². The summed E-state index contributed by atoms with van der Waals surface area (Å²) in [5.41, 5.74) is 0.559. The van der Waals surface area contributed by atoms with Crippen LogP contribution in [-0.2, 0) is 6.42 Å². The van der Waals surface area contributed by atoms with Crippen LogP contribution < -0.4 is 9.47 Å². The van der Waals surface area contributed by atoms with Crippen molar-refractivity contribution in [1.82, 2.24) is 0 Å². The number of hydrogen-bond acceptors (Lipinski definition) is 4. The van der Waals surface area contributed by atoms with Crippen LogP contribution in [0.1, 0.15) is 15.9 Å². The fraction of sp³-hybridized carbons (Fsp3) is 0.364. The summed E-state index contributed by atoms with van der Waals surface area (Å²) < 4.78 is 10.0. The number of benzene rings is 1. The standard InChI is InChI=1S/C11H14O5/c1-15-8-5-7(3-4-12)10(11(13)14)9(6-8)16-2/h5-6,12H,3-4H2,1-2H3,(H,13,14). The van der Waals surface area contributed by atoms with Gasteiger partial charge in [0.05, 0.1) is 14.2 Å². The van der Waals surface area contributed by atoms with E-state index >= 15 is 0 Å². The molecule has 0 heterocycles. The minimum Gasteiger partial charge on any atom is -0.497 e. The second-order valence-corrected chi connectivity index (χ2v) is 3.14. The van der Waals surface area contributed by atoms with Crippen LogP contribution in [0.25, 0.3) is 0 Å². The molecule has 0 saturated carbocycles. The average molecular weight is 226 g/mol. The van der Waals surface area contributed by atoms with E-state index in [0.29, 0.717) is 11.3 Å². The van der Waals surface area contributed by atoms with Crippen molar-refractivity contribution >= 4 is 5.97 Å². The van der Waals surface area contributed by atoms with Crippen LogP contribution >= 0.6 is 0 Å². The second kappa shape index (κ2) is 5.37. The summed E-state index contributed by atoms with van der Waals surface area (Å²) in [6.45, 7) is -0.128. The minimum atomic E-state index is -1.08. The fourth-order valence-corrected chi connectivity index (χ4v) is 1.48. The highest BCUT2D eigenvalue weighted by atomic mass is 16.5. The van der Waals surface area contributed by atoms with Crippen molar-refractivity contribution in [2.45, 2.75) is 6.42 Å². The summed E-state index contributed by atoms with van der Waals surface area (Å²) >= 11 is 0. The lowest BCUT2D eigenvalue weighted by molar-refractivity contribution is 0.0692. The van der Waals surface area contributed by atoms with Crippen molar-refractivity contribution in [2.75, 3.05) is 20.8 Å². The maximum absolute atomic E-state index is 11.1. The first kappa shape index (κ1) is 12.3. The van der Waals surface area contributed by atoms with Crippen LogP contribution in [-0.4, -0.2) is 37.0 Å². The van der Waals surface area contributed by atoms with Gasteiger partial charge in [-0.05, 0) is 18.1 Å². The zero-order chi connectivity index (χ0) is 12.1. The SMILES string of the molecule is COc1cc(CCO)c(C(=O)O)c(OC)c1. The van der Waals surface area contributed by atoms with E-state index in [9.17, 15) is 4.79 Å². The molecule has 0 unspecified atom stereocenters. The molecule has 0 radical (unpaired) electrons. The summed E-state index contributed by atoms with van der Waals surface area (Å²) in [7, 11) is 2.88. The van der Waals surface area contributed by atoms with Crippen LogP contribution in [0.15, 0.2) is 12.1 Å². The molecule has 5 heteroatoms. The highest BCUT2D eigenvalue weighted by molar-refractivity contribution is 5.93. The molecular weight excluding hydrogens is 212 g/mol. The molecule has 0 aliphatic rings. The summed E-state index contributed by atoms with van der Waals surface area (Å²) in [4.78, 5) is 11.1. The molecular formula is C11H14O5. The molecule has 0 saturated heterocycles. The first-order valence-electron chi connectivity index (χ1n) is 4.73. The van der Waals surface area contributed by atoms with Gasteiger partial charge in [-0.2, -0.15) is 0 Å². The van der Waals surface area contributed by atoms with Gasteiger partial charge in [0.1, 0.15) is 17.1 Å². The number of rotatable bonds is 5. The Morgan fingerprint density at radius 1 is 1.31 bits per heavy atom. The number of hydrogen-bond donors (Lipinski definition) is 2. The number of aromatic carboxylic acids is 1.